The summed E-state index contributed by atoms with van der Waals surface area (Å²) in [6.07, 6.45) is 3.97. The maximum absolute atomic E-state index is 12.2. The van der Waals surface area contributed by atoms with Crippen molar-refractivity contribution in [1.29, 1.82) is 0 Å². The molecule has 2 heterocycles. The zero-order valence-electron chi connectivity index (χ0n) is 15.4. The summed E-state index contributed by atoms with van der Waals surface area (Å²) in [6.45, 7) is 2.17. The molecule has 1 aliphatic rings. The van der Waals surface area contributed by atoms with Crippen LogP contribution in [0.5, 0.6) is 0 Å². The molecule has 4 rings (SSSR count). The molecule has 142 valence electrons. The molecule has 1 aromatic heterocycles. The first-order valence-corrected chi connectivity index (χ1v) is 10.1. The second-order valence-electron chi connectivity index (χ2n) is 6.51. The first-order chi connectivity index (χ1) is 13.8. The van der Waals surface area contributed by atoms with Crippen molar-refractivity contribution in [3.63, 3.8) is 0 Å². The Kier molecular flexibility index (Phi) is 5.77. The lowest BCUT2D eigenvalue weighted by molar-refractivity contribution is 0.0955. The lowest BCUT2D eigenvalue weighted by Crippen LogP contribution is -2.19. The monoisotopic (exact) mass is 391 g/mol. The van der Waals surface area contributed by atoms with Crippen molar-refractivity contribution in [2.24, 2.45) is 5.10 Å². The van der Waals surface area contributed by atoms with Gasteiger partial charge in [-0.1, -0.05) is 30.0 Å². The Morgan fingerprint density at radius 3 is 2.50 bits per heavy atom. The molecular formula is C22H21N3O2S. The van der Waals surface area contributed by atoms with E-state index in [1.165, 1.54) is 30.8 Å². The van der Waals surface area contributed by atoms with Gasteiger partial charge in [0.1, 0.15) is 5.76 Å². The maximum atomic E-state index is 12.2. The van der Waals surface area contributed by atoms with Crippen molar-refractivity contribution in [3.05, 3.63) is 78.1 Å². The molecule has 0 radical (unpaired) electrons. The summed E-state index contributed by atoms with van der Waals surface area (Å²) in [6, 6.07) is 21.4. The normalized spacial score (nSPS) is 13.9. The summed E-state index contributed by atoms with van der Waals surface area (Å²) >= 11 is 1.54. The van der Waals surface area contributed by atoms with E-state index in [2.05, 4.69) is 15.4 Å². The van der Waals surface area contributed by atoms with Crippen molar-refractivity contribution in [1.82, 2.24) is 5.43 Å². The van der Waals surface area contributed by atoms with Crippen molar-refractivity contribution in [2.45, 2.75) is 22.8 Å². The topological polar surface area (TPSA) is 57.8 Å². The fourth-order valence-corrected chi connectivity index (χ4v) is 3.88. The second-order valence-corrected chi connectivity index (χ2v) is 7.59. The summed E-state index contributed by atoms with van der Waals surface area (Å²) in [5.41, 5.74) is 4.29. The van der Waals surface area contributed by atoms with Crippen LogP contribution in [0.3, 0.4) is 0 Å². The predicted molar refractivity (Wildman–Crippen MR) is 112 cm³/mol. The molecule has 0 saturated carbocycles. The van der Waals surface area contributed by atoms with Gasteiger partial charge in [0.25, 0.3) is 5.91 Å². The van der Waals surface area contributed by atoms with Gasteiger partial charge in [0, 0.05) is 29.2 Å². The van der Waals surface area contributed by atoms with Gasteiger partial charge in [-0.2, -0.15) is 5.10 Å². The standard InChI is InChI=1S/C22H21N3O2S/c26-22(17-8-10-18(11-9-17)25-14-4-5-15-25)24-23-16-19-12-13-21(27-19)28-20-6-2-1-3-7-20/h1-3,6-13,16H,4-5,14-15H2,(H,24,26)/b23-16-. The molecule has 1 N–H and O–H groups in total. The van der Waals surface area contributed by atoms with Crippen LogP contribution in [0.2, 0.25) is 0 Å². The summed E-state index contributed by atoms with van der Waals surface area (Å²) in [5, 5.41) is 4.77. The number of hydrogen-bond acceptors (Lipinski definition) is 5. The van der Waals surface area contributed by atoms with Crippen molar-refractivity contribution in [2.75, 3.05) is 18.0 Å². The summed E-state index contributed by atoms with van der Waals surface area (Å²) in [4.78, 5) is 15.7. The summed E-state index contributed by atoms with van der Waals surface area (Å²) in [5.74, 6) is 0.345. The molecule has 0 atom stereocenters. The number of rotatable bonds is 6. The minimum atomic E-state index is -0.241. The number of hydrogen-bond donors (Lipinski definition) is 1. The number of anilines is 1. The van der Waals surface area contributed by atoms with E-state index >= 15 is 0 Å². The maximum Gasteiger partial charge on any atom is 0.271 e. The minimum absolute atomic E-state index is 0.241. The SMILES string of the molecule is O=C(N/N=C\c1ccc(Sc2ccccc2)o1)c1ccc(N2CCCC2)cc1. The number of carbonyl (C=O) groups is 1. The number of benzene rings is 2. The highest BCUT2D eigenvalue weighted by atomic mass is 32.2. The van der Waals surface area contributed by atoms with E-state index in [1.54, 1.807) is 0 Å². The molecule has 0 unspecified atom stereocenters. The smallest absolute Gasteiger partial charge is 0.271 e. The van der Waals surface area contributed by atoms with Crippen molar-refractivity contribution >= 4 is 29.6 Å². The molecule has 1 aliphatic heterocycles. The second kappa shape index (κ2) is 8.80. The van der Waals surface area contributed by atoms with Gasteiger partial charge in [-0.05, 0) is 61.4 Å². The van der Waals surface area contributed by atoms with Crippen LogP contribution in [-0.4, -0.2) is 25.2 Å². The fourth-order valence-electron chi connectivity index (χ4n) is 3.08. The Bertz CT molecular complexity index is 945. The molecule has 0 aliphatic carbocycles. The van der Waals surface area contributed by atoms with E-state index in [4.69, 9.17) is 4.42 Å². The highest BCUT2D eigenvalue weighted by Gasteiger charge is 2.13. The molecule has 2 aromatic carbocycles. The zero-order valence-corrected chi connectivity index (χ0v) is 16.2. The van der Waals surface area contributed by atoms with Crippen LogP contribution in [0.1, 0.15) is 29.0 Å². The number of hydrazone groups is 1. The highest BCUT2D eigenvalue weighted by molar-refractivity contribution is 7.99. The van der Waals surface area contributed by atoms with Crippen LogP contribution in [0.15, 0.2) is 86.2 Å². The van der Waals surface area contributed by atoms with Gasteiger partial charge in [0.2, 0.25) is 0 Å². The third-order valence-electron chi connectivity index (χ3n) is 4.52. The van der Waals surface area contributed by atoms with E-state index in [-0.39, 0.29) is 5.91 Å². The quantitative estimate of drug-likeness (QED) is 0.485. The first kappa shape index (κ1) is 18.4. The van der Waals surface area contributed by atoms with Crippen molar-refractivity contribution in [3.8, 4) is 0 Å². The number of amides is 1. The van der Waals surface area contributed by atoms with Crippen molar-refractivity contribution < 1.29 is 9.21 Å². The molecule has 1 fully saturated rings. The van der Waals surface area contributed by atoms with Gasteiger partial charge in [0.05, 0.1) is 6.21 Å². The van der Waals surface area contributed by atoms with E-state index < -0.39 is 0 Å². The predicted octanol–water partition coefficient (Wildman–Crippen LogP) is 4.79. The molecule has 3 aromatic rings. The van der Waals surface area contributed by atoms with Gasteiger partial charge in [-0.15, -0.1) is 0 Å². The molecule has 1 saturated heterocycles. The van der Waals surface area contributed by atoms with Crippen LogP contribution < -0.4 is 10.3 Å². The summed E-state index contributed by atoms with van der Waals surface area (Å²) < 4.78 is 5.70. The number of nitrogens with one attached hydrogen (secondary N) is 1. The van der Waals surface area contributed by atoms with Gasteiger partial charge in [0.15, 0.2) is 5.09 Å². The van der Waals surface area contributed by atoms with Gasteiger partial charge in [-0.3, -0.25) is 4.79 Å². The van der Waals surface area contributed by atoms with Gasteiger partial charge >= 0.3 is 0 Å². The van der Waals surface area contributed by atoms with E-state index in [1.807, 2.05) is 66.7 Å². The van der Waals surface area contributed by atoms with Crippen LogP contribution in [-0.2, 0) is 0 Å². The van der Waals surface area contributed by atoms with Gasteiger partial charge in [-0.25, -0.2) is 5.43 Å². The van der Waals surface area contributed by atoms with E-state index in [0.717, 1.165) is 28.8 Å². The lowest BCUT2D eigenvalue weighted by atomic mass is 10.2. The summed E-state index contributed by atoms with van der Waals surface area (Å²) in [7, 11) is 0. The Morgan fingerprint density at radius 1 is 1.00 bits per heavy atom. The molecule has 0 spiro atoms. The number of carbonyl (C=O) groups excluding carboxylic acids is 1. The zero-order chi connectivity index (χ0) is 19.2. The Labute approximate surface area is 168 Å². The third-order valence-corrected chi connectivity index (χ3v) is 5.45. The Hall–Kier alpha value is -2.99. The van der Waals surface area contributed by atoms with Crippen LogP contribution in [0.4, 0.5) is 5.69 Å². The Balaban J connectivity index is 1.31. The Morgan fingerprint density at radius 2 is 1.75 bits per heavy atom. The molecular weight excluding hydrogens is 370 g/mol. The largest absolute Gasteiger partial charge is 0.448 e. The average molecular weight is 391 g/mol. The first-order valence-electron chi connectivity index (χ1n) is 9.29. The number of furan rings is 1. The minimum Gasteiger partial charge on any atom is -0.448 e. The average Bonchev–Trinajstić information content (AvgIpc) is 3.41. The number of nitrogens with zero attached hydrogens (tertiary/aromatic N) is 2. The lowest BCUT2D eigenvalue weighted by Gasteiger charge is -2.17. The molecule has 28 heavy (non-hydrogen) atoms. The van der Waals surface area contributed by atoms with E-state index in [0.29, 0.717) is 11.3 Å². The van der Waals surface area contributed by atoms with Gasteiger partial charge < -0.3 is 9.32 Å². The van der Waals surface area contributed by atoms with Crippen LogP contribution in [0, 0.1) is 0 Å². The molecule has 0 bridgehead atoms. The molecule has 6 heteroatoms. The van der Waals surface area contributed by atoms with E-state index in [9.17, 15) is 4.79 Å². The third kappa shape index (κ3) is 4.64. The molecule has 1 amide bonds. The van der Waals surface area contributed by atoms with Crippen LogP contribution >= 0.6 is 11.8 Å². The highest BCUT2D eigenvalue weighted by Crippen LogP contribution is 2.28. The molecule has 5 nitrogen and oxygen atoms in total. The fraction of sp³-hybridized carbons (Fsp3) is 0.182. The van der Waals surface area contributed by atoms with Crippen LogP contribution in [0.25, 0.3) is 0 Å².